The zero-order valence-electron chi connectivity index (χ0n) is 24.7. The number of ether oxygens (including phenoxy) is 6. The summed E-state index contributed by atoms with van der Waals surface area (Å²) in [6.07, 6.45) is -6.00. The molecule has 0 unspecified atom stereocenters. The van der Waals surface area contributed by atoms with Crippen LogP contribution in [-0.2, 0) is 42.9 Å². The van der Waals surface area contributed by atoms with Gasteiger partial charge in [-0.25, -0.2) is 0 Å². The minimum absolute atomic E-state index is 0.236. The fourth-order valence-corrected chi connectivity index (χ4v) is 4.73. The first-order chi connectivity index (χ1) is 20.3. The van der Waals surface area contributed by atoms with Gasteiger partial charge in [-0.3, -0.25) is 24.0 Å². The summed E-state index contributed by atoms with van der Waals surface area (Å²) < 4.78 is 33.7. The molecule has 2 aromatic rings. The van der Waals surface area contributed by atoms with Crippen LogP contribution in [0.2, 0.25) is 0 Å². The van der Waals surface area contributed by atoms with Crippen LogP contribution >= 0.6 is 0 Å². The van der Waals surface area contributed by atoms with Gasteiger partial charge in [0.1, 0.15) is 18.5 Å². The van der Waals surface area contributed by atoms with Gasteiger partial charge in [0.2, 0.25) is 11.9 Å². The van der Waals surface area contributed by atoms with Gasteiger partial charge >= 0.3 is 23.9 Å². The summed E-state index contributed by atoms with van der Waals surface area (Å²) in [6, 6.07) is 12.1. The van der Waals surface area contributed by atoms with Crippen LogP contribution in [0.4, 0.5) is 0 Å². The average Bonchev–Trinajstić information content (AvgIpc) is 2.94. The van der Waals surface area contributed by atoms with E-state index in [9.17, 15) is 29.1 Å². The summed E-state index contributed by atoms with van der Waals surface area (Å²) in [7, 11) is 1.54. The molecule has 0 radical (unpaired) electrons. The van der Waals surface area contributed by atoms with Crippen LogP contribution in [0.25, 0.3) is 11.1 Å². The second-order valence-electron chi connectivity index (χ2n) is 9.88. The second-order valence-corrected chi connectivity index (χ2v) is 9.88. The fourth-order valence-electron chi connectivity index (χ4n) is 4.73. The molecule has 1 saturated heterocycles. The molecule has 0 spiro atoms. The number of aliphatic hydroxyl groups excluding tert-OH is 1. The number of rotatable bonds is 10. The van der Waals surface area contributed by atoms with E-state index in [0.717, 1.165) is 38.8 Å². The first-order valence-corrected chi connectivity index (χ1v) is 13.3. The zero-order chi connectivity index (χ0) is 31.9. The molecule has 1 heterocycles. The van der Waals surface area contributed by atoms with Crippen molar-refractivity contribution in [2.45, 2.75) is 64.8 Å². The van der Waals surface area contributed by atoms with Crippen LogP contribution in [0.3, 0.4) is 0 Å². The number of nitrogens with one attached hydrogen (secondary N) is 1. The van der Waals surface area contributed by atoms with Gasteiger partial charge in [-0.1, -0.05) is 18.2 Å². The maximum atomic E-state index is 12.3. The van der Waals surface area contributed by atoms with E-state index in [2.05, 4.69) is 5.32 Å². The first kappa shape index (κ1) is 33.0. The first-order valence-electron chi connectivity index (χ1n) is 13.3. The maximum Gasteiger partial charge on any atom is 0.303 e. The number of aliphatic hydroxyl groups is 1. The Bertz CT molecular complexity index is 1370. The summed E-state index contributed by atoms with van der Waals surface area (Å²) in [6.45, 7) is 4.71. The molecule has 0 aromatic heterocycles. The van der Waals surface area contributed by atoms with Crippen LogP contribution in [0.1, 0.15) is 43.6 Å². The zero-order valence-corrected chi connectivity index (χ0v) is 24.7. The maximum absolute atomic E-state index is 12.3. The van der Waals surface area contributed by atoms with Crippen molar-refractivity contribution >= 4 is 29.8 Å². The van der Waals surface area contributed by atoms with Crippen molar-refractivity contribution in [3.8, 4) is 16.9 Å². The van der Waals surface area contributed by atoms with Gasteiger partial charge in [0.05, 0.1) is 6.61 Å². The molecule has 1 aliphatic rings. The Morgan fingerprint density at radius 1 is 0.907 bits per heavy atom. The number of benzene rings is 2. The third-order valence-electron chi connectivity index (χ3n) is 6.56. The molecule has 5 atom stereocenters. The monoisotopic (exact) mass is 601 g/mol. The number of hydrogen-bond donors (Lipinski definition) is 2. The van der Waals surface area contributed by atoms with E-state index in [-0.39, 0.29) is 11.7 Å². The summed E-state index contributed by atoms with van der Waals surface area (Å²) in [5.74, 6) is -3.21. The number of amides is 1. The van der Waals surface area contributed by atoms with Gasteiger partial charge < -0.3 is 38.8 Å². The van der Waals surface area contributed by atoms with E-state index in [1.807, 2.05) is 6.07 Å². The number of esters is 4. The lowest BCUT2D eigenvalue weighted by Gasteiger charge is -2.50. The molecule has 13 heteroatoms. The highest BCUT2D eigenvalue weighted by molar-refractivity contribution is 5.95. The van der Waals surface area contributed by atoms with Crippen molar-refractivity contribution in [2.24, 2.45) is 0 Å². The highest BCUT2D eigenvalue weighted by Gasteiger charge is 2.64. The largest absolute Gasteiger partial charge is 0.463 e. The average molecular weight is 602 g/mol. The van der Waals surface area contributed by atoms with E-state index in [0.29, 0.717) is 11.1 Å². The Balaban J connectivity index is 2.08. The van der Waals surface area contributed by atoms with Crippen molar-refractivity contribution in [1.82, 2.24) is 5.32 Å². The summed E-state index contributed by atoms with van der Waals surface area (Å²) in [4.78, 5) is 60.3. The van der Waals surface area contributed by atoms with Gasteiger partial charge in [-0.2, -0.15) is 0 Å². The van der Waals surface area contributed by atoms with Gasteiger partial charge in [0.25, 0.3) is 5.91 Å². The Morgan fingerprint density at radius 3 is 2.14 bits per heavy atom. The molecule has 3 rings (SSSR count). The van der Waals surface area contributed by atoms with E-state index >= 15 is 0 Å². The molecule has 0 bridgehead atoms. The summed E-state index contributed by atoms with van der Waals surface area (Å²) >= 11 is 0. The molecule has 2 N–H and O–H groups in total. The standard InChI is InChI=1S/C30H35NO12/c1-16-12-22(21-8-7-9-23(13-21)28(37)31-6)10-11-24(16)41-29-30(15-32,43-20(5)36)27(40-19(4)35)26(39-18(3)34)25(42-29)14-38-17(2)33/h7-13,25-27,29,32H,14-15H2,1-6H3,(H,31,37)/t25-,26-,27+,29+,30+/m1/s1. The van der Waals surface area contributed by atoms with Gasteiger partial charge in [-0.15, -0.1) is 0 Å². The molecule has 1 amide bonds. The number of carbonyl (C=O) groups is 5. The third-order valence-corrected chi connectivity index (χ3v) is 6.56. The van der Waals surface area contributed by atoms with Crippen LogP contribution < -0.4 is 10.1 Å². The lowest BCUT2D eigenvalue weighted by Crippen LogP contribution is -2.72. The molecule has 43 heavy (non-hydrogen) atoms. The molecular formula is C30H35NO12. The van der Waals surface area contributed by atoms with Crippen molar-refractivity contribution in [2.75, 3.05) is 20.3 Å². The molecule has 232 valence electrons. The van der Waals surface area contributed by atoms with Crippen LogP contribution in [0.5, 0.6) is 5.75 Å². The third kappa shape index (κ3) is 7.87. The molecule has 2 aromatic carbocycles. The predicted octanol–water partition coefficient (Wildman–Crippen LogP) is 1.85. The predicted molar refractivity (Wildman–Crippen MR) is 149 cm³/mol. The van der Waals surface area contributed by atoms with Crippen molar-refractivity contribution in [1.29, 1.82) is 0 Å². The number of carbonyl (C=O) groups excluding carboxylic acids is 5. The molecule has 13 nitrogen and oxygen atoms in total. The Labute approximate surface area is 248 Å². The highest BCUT2D eigenvalue weighted by Crippen LogP contribution is 2.39. The summed E-state index contributed by atoms with van der Waals surface area (Å²) in [5, 5.41) is 13.2. The lowest BCUT2D eigenvalue weighted by atomic mass is 9.86. The van der Waals surface area contributed by atoms with Crippen LogP contribution in [-0.4, -0.2) is 85.4 Å². The van der Waals surface area contributed by atoms with Gasteiger partial charge in [0.15, 0.2) is 12.2 Å². The lowest BCUT2D eigenvalue weighted by molar-refractivity contribution is -0.333. The quantitative estimate of drug-likeness (QED) is 0.299. The molecule has 0 aliphatic carbocycles. The summed E-state index contributed by atoms with van der Waals surface area (Å²) in [5.41, 5.74) is 0.366. The normalized spacial score (nSPS) is 23.0. The highest BCUT2D eigenvalue weighted by atomic mass is 16.7. The topological polar surface area (TPSA) is 173 Å². The molecule has 1 aliphatic heterocycles. The number of aryl methyl sites for hydroxylation is 1. The van der Waals surface area contributed by atoms with Gasteiger partial charge in [0, 0.05) is 40.3 Å². The smallest absolute Gasteiger partial charge is 0.303 e. The van der Waals surface area contributed by atoms with Crippen LogP contribution in [0, 0.1) is 6.92 Å². The minimum atomic E-state index is -2.21. The SMILES string of the molecule is CNC(=O)c1cccc(-c2ccc(O[C@H]3O[C@H](COC(C)=O)[C@@H](OC(C)=O)[C@H](OC(C)=O)[C@]3(CO)OC(C)=O)c(C)c2)c1. The molecule has 1 fully saturated rings. The minimum Gasteiger partial charge on any atom is -0.463 e. The molecule has 0 saturated carbocycles. The van der Waals surface area contributed by atoms with Crippen LogP contribution in [0.15, 0.2) is 42.5 Å². The Hall–Kier alpha value is -4.49. The Kier molecular flexibility index (Phi) is 10.8. The second kappa shape index (κ2) is 14.1. The van der Waals surface area contributed by atoms with Crippen molar-refractivity contribution in [3.63, 3.8) is 0 Å². The van der Waals surface area contributed by atoms with E-state index in [1.54, 1.807) is 43.3 Å². The molecular weight excluding hydrogens is 566 g/mol. The fraction of sp³-hybridized carbons (Fsp3) is 0.433. The van der Waals surface area contributed by atoms with E-state index < -0.39 is 67.3 Å². The van der Waals surface area contributed by atoms with Crippen molar-refractivity contribution in [3.05, 3.63) is 53.6 Å². The van der Waals surface area contributed by atoms with E-state index in [4.69, 9.17) is 28.4 Å². The van der Waals surface area contributed by atoms with Gasteiger partial charge in [-0.05, 0) is 47.9 Å². The number of hydrogen-bond acceptors (Lipinski definition) is 12. The van der Waals surface area contributed by atoms with E-state index in [1.165, 1.54) is 7.05 Å². The Morgan fingerprint density at radius 2 is 1.58 bits per heavy atom. The van der Waals surface area contributed by atoms with Crippen molar-refractivity contribution < 1.29 is 57.5 Å².